The molecule has 3 N–H and O–H groups in total. The van der Waals surface area contributed by atoms with Crippen LogP contribution in [0.3, 0.4) is 0 Å². The molecule has 0 aromatic carbocycles. The number of nitrogens with two attached hydrogens (primary N) is 1. The highest BCUT2D eigenvalue weighted by Gasteiger charge is 1.80. The molecule has 35 valence electrons. The fourth-order valence-electron chi connectivity index (χ4n) is 0.209. The lowest BCUT2D eigenvalue weighted by Gasteiger charge is -1.84. The molecule has 0 amide bonds. The monoisotopic (exact) mass is 86.1 g/mol. The van der Waals surface area contributed by atoms with Crippen molar-refractivity contribution in [1.29, 1.82) is 0 Å². The summed E-state index contributed by atoms with van der Waals surface area (Å²) in [6.07, 6.45) is 1.60. The van der Waals surface area contributed by atoms with Crippen LogP contribution in [0.2, 0.25) is 6.32 Å². The Morgan fingerprint density at radius 2 is 2.33 bits per heavy atom. The van der Waals surface area contributed by atoms with E-state index in [2.05, 4.69) is 0 Å². The maximum Gasteiger partial charge on any atom is 0.287 e. The summed E-state index contributed by atoms with van der Waals surface area (Å²) >= 11 is 0. The fourth-order valence-corrected chi connectivity index (χ4v) is 0.209. The molecule has 0 spiro atoms. The summed E-state index contributed by atoms with van der Waals surface area (Å²) in [6.45, 7) is 0.664. The van der Waals surface area contributed by atoms with Gasteiger partial charge in [-0.1, -0.05) is 6.32 Å². The fraction of sp³-hybridized carbons (Fsp3) is 1.00. The Morgan fingerprint density at radius 1 is 1.67 bits per heavy atom. The first-order chi connectivity index (χ1) is 2.91. The van der Waals surface area contributed by atoms with Crippen molar-refractivity contribution in [3.63, 3.8) is 0 Å². The zero-order chi connectivity index (χ0) is 4.83. The molecule has 0 aromatic rings. The maximum absolute atomic E-state index is 8.02. The number of hydrogen-bond donors (Lipinski definition) is 2. The molecule has 0 heterocycles. The van der Waals surface area contributed by atoms with Gasteiger partial charge in [0, 0.05) is 0 Å². The summed E-state index contributed by atoms with van der Waals surface area (Å²) in [7, 11) is 1.13. The van der Waals surface area contributed by atoms with Gasteiger partial charge in [0.1, 0.15) is 0 Å². The Labute approximate surface area is 38.6 Å². The largest absolute Gasteiger partial charge is 0.454 e. The molecule has 6 heavy (non-hydrogen) atoms. The van der Waals surface area contributed by atoms with Gasteiger partial charge < -0.3 is 10.8 Å². The van der Waals surface area contributed by atoms with Crippen LogP contribution < -0.4 is 5.73 Å². The molecule has 0 fully saturated rings. The van der Waals surface area contributed by atoms with E-state index in [1.165, 1.54) is 0 Å². The molecule has 0 unspecified atom stereocenters. The molecule has 0 aliphatic rings. The molecular weight excluding hydrogens is 76.9 g/mol. The molecule has 0 saturated heterocycles. The van der Waals surface area contributed by atoms with E-state index in [1.54, 1.807) is 0 Å². The second kappa shape index (κ2) is 4.98. The van der Waals surface area contributed by atoms with Gasteiger partial charge in [-0.3, -0.25) is 0 Å². The van der Waals surface area contributed by atoms with E-state index in [1.807, 2.05) is 0 Å². The topological polar surface area (TPSA) is 46.2 Å². The van der Waals surface area contributed by atoms with Gasteiger partial charge in [0.15, 0.2) is 0 Å². The molecule has 0 rings (SSSR count). The first-order valence-corrected chi connectivity index (χ1v) is 2.07. The van der Waals surface area contributed by atoms with Crippen molar-refractivity contribution in [1.82, 2.24) is 0 Å². The molecule has 3 heteroatoms. The van der Waals surface area contributed by atoms with Gasteiger partial charge in [0.25, 0.3) is 7.48 Å². The van der Waals surface area contributed by atoms with Crippen molar-refractivity contribution in [3.05, 3.63) is 0 Å². The van der Waals surface area contributed by atoms with E-state index in [0.717, 1.165) is 20.2 Å². The van der Waals surface area contributed by atoms with Crippen LogP contribution in [0.4, 0.5) is 0 Å². The van der Waals surface area contributed by atoms with Crippen LogP contribution in [0.15, 0.2) is 0 Å². The van der Waals surface area contributed by atoms with E-state index in [-0.39, 0.29) is 0 Å². The van der Waals surface area contributed by atoms with Crippen LogP contribution >= 0.6 is 0 Å². The highest BCUT2D eigenvalue weighted by molar-refractivity contribution is 6.25. The van der Waals surface area contributed by atoms with E-state index >= 15 is 0 Å². The van der Waals surface area contributed by atoms with Gasteiger partial charge in [-0.05, 0) is 13.0 Å². The maximum atomic E-state index is 8.02. The lowest BCUT2D eigenvalue weighted by atomic mass is 9.94. The summed E-state index contributed by atoms with van der Waals surface area (Å²) < 4.78 is 0. The average Bonchev–Trinajstić information content (AvgIpc) is 1.61. The van der Waals surface area contributed by atoms with Crippen LogP contribution in [0.25, 0.3) is 0 Å². The predicted molar refractivity (Wildman–Crippen MR) is 26.5 cm³/mol. The van der Waals surface area contributed by atoms with E-state index in [4.69, 9.17) is 10.8 Å². The highest BCUT2D eigenvalue weighted by Crippen LogP contribution is 1.79. The number of rotatable bonds is 3. The number of hydrogen-bond acceptors (Lipinski definition) is 2. The lowest BCUT2D eigenvalue weighted by molar-refractivity contribution is 0.596. The molecule has 0 atom stereocenters. The predicted octanol–water partition coefficient (Wildman–Crippen LogP) is -0.635. The van der Waals surface area contributed by atoms with Gasteiger partial charge in [0.2, 0.25) is 0 Å². The van der Waals surface area contributed by atoms with Gasteiger partial charge in [-0.25, -0.2) is 0 Å². The molecule has 2 nitrogen and oxygen atoms in total. The lowest BCUT2D eigenvalue weighted by Crippen LogP contribution is -1.99. The minimum atomic E-state index is 0.664. The third-order valence-electron chi connectivity index (χ3n) is 0.537. The van der Waals surface area contributed by atoms with Gasteiger partial charge in [0.05, 0.1) is 0 Å². The van der Waals surface area contributed by atoms with Crippen LogP contribution in [0.1, 0.15) is 6.42 Å². The first-order valence-electron chi connectivity index (χ1n) is 2.07. The van der Waals surface area contributed by atoms with Gasteiger partial charge in [-0.15, -0.1) is 0 Å². The van der Waals surface area contributed by atoms with E-state index < -0.39 is 0 Å². The molecular formula is C3H9BNO. The highest BCUT2D eigenvalue weighted by atomic mass is 16.2. The molecule has 0 aliphatic heterocycles. The smallest absolute Gasteiger partial charge is 0.287 e. The van der Waals surface area contributed by atoms with Crippen molar-refractivity contribution in [3.8, 4) is 0 Å². The third kappa shape index (κ3) is 3.98. The van der Waals surface area contributed by atoms with Crippen LogP contribution in [-0.2, 0) is 0 Å². The Hall–Kier alpha value is -0.0151. The zero-order valence-electron chi connectivity index (χ0n) is 3.72. The van der Waals surface area contributed by atoms with Gasteiger partial charge >= 0.3 is 0 Å². The van der Waals surface area contributed by atoms with Crippen molar-refractivity contribution in [2.45, 2.75) is 12.7 Å². The summed E-state index contributed by atoms with van der Waals surface area (Å²) in [5, 5.41) is 8.02. The van der Waals surface area contributed by atoms with Crippen molar-refractivity contribution >= 4 is 7.48 Å². The van der Waals surface area contributed by atoms with Crippen LogP contribution in [-0.4, -0.2) is 19.1 Å². The standard InChI is InChI=1S/C3H9BNO/c5-3-1-2-4-6/h6H,1-3,5H2. The Balaban J connectivity index is 2.34. The normalized spacial score (nSPS) is 8.33. The Morgan fingerprint density at radius 3 is 2.50 bits per heavy atom. The minimum absolute atomic E-state index is 0.664. The van der Waals surface area contributed by atoms with E-state index in [9.17, 15) is 0 Å². The molecule has 0 aromatic heterocycles. The summed E-state index contributed by atoms with van der Waals surface area (Å²) in [4.78, 5) is 0. The first kappa shape index (κ1) is 5.98. The quantitative estimate of drug-likeness (QED) is 0.354. The van der Waals surface area contributed by atoms with E-state index in [0.29, 0.717) is 6.54 Å². The Bertz CT molecular complexity index is 22.8. The van der Waals surface area contributed by atoms with Gasteiger partial charge in [-0.2, -0.15) is 0 Å². The molecule has 1 radical (unpaired) electrons. The Kier molecular flexibility index (Phi) is 4.97. The van der Waals surface area contributed by atoms with Crippen molar-refractivity contribution in [2.24, 2.45) is 5.73 Å². The molecule has 0 saturated carbocycles. The van der Waals surface area contributed by atoms with Crippen molar-refractivity contribution < 1.29 is 5.02 Å². The summed E-state index contributed by atoms with van der Waals surface area (Å²) in [5.74, 6) is 0. The minimum Gasteiger partial charge on any atom is -0.454 e. The summed E-state index contributed by atoms with van der Waals surface area (Å²) in [5.41, 5.74) is 5.08. The summed E-state index contributed by atoms with van der Waals surface area (Å²) in [6, 6.07) is 0. The van der Waals surface area contributed by atoms with Crippen LogP contribution in [0.5, 0.6) is 0 Å². The van der Waals surface area contributed by atoms with Crippen molar-refractivity contribution in [2.75, 3.05) is 6.54 Å². The SMILES string of the molecule is NCCC[B]O. The third-order valence-corrected chi connectivity index (χ3v) is 0.537. The second-order valence-electron chi connectivity index (χ2n) is 1.11. The zero-order valence-corrected chi connectivity index (χ0v) is 3.72. The average molecular weight is 85.9 g/mol. The molecule has 0 bridgehead atoms. The molecule has 0 aliphatic carbocycles. The van der Waals surface area contributed by atoms with Crippen LogP contribution in [0, 0.1) is 0 Å². The second-order valence-corrected chi connectivity index (χ2v) is 1.11.